The highest BCUT2D eigenvalue weighted by Crippen LogP contribution is 2.31. The molecule has 6 heteroatoms. The highest BCUT2D eigenvalue weighted by atomic mass is 16.5. The minimum absolute atomic E-state index is 0.438. The van der Waals surface area contributed by atoms with Crippen LogP contribution in [-0.2, 0) is 0 Å². The molecule has 1 aromatic rings. The average Bonchev–Trinajstić information content (AvgIpc) is 2.78. The molecule has 2 heterocycles. The standard InChI is InChI=1S/C12H21N5O/c1-16(2)8-4-5-17(7-8)11-9(13)6-10(14)12(15-11)18-3/h6,8H,4-5,7,13-14H2,1-3H3. The predicted octanol–water partition coefficient (Wildman–Crippen LogP) is 0.395. The first-order chi connectivity index (χ1) is 8.52. The van der Waals surface area contributed by atoms with Crippen molar-refractivity contribution in [1.82, 2.24) is 9.88 Å². The zero-order valence-electron chi connectivity index (χ0n) is 11.2. The number of ether oxygens (including phenoxy) is 1. The van der Waals surface area contributed by atoms with Crippen LogP contribution in [0.5, 0.6) is 5.88 Å². The summed E-state index contributed by atoms with van der Waals surface area (Å²) in [5.41, 5.74) is 12.9. The van der Waals surface area contributed by atoms with Crippen LogP contribution in [0.1, 0.15) is 6.42 Å². The minimum atomic E-state index is 0.438. The van der Waals surface area contributed by atoms with Gasteiger partial charge in [-0.15, -0.1) is 0 Å². The maximum atomic E-state index is 5.99. The number of aromatic nitrogens is 1. The molecule has 1 atom stereocenters. The van der Waals surface area contributed by atoms with Crippen LogP contribution in [0.25, 0.3) is 0 Å². The van der Waals surface area contributed by atoms with Crippen LogP contribution in [0, 0.1) is 0 Å². The molecule has 18 heavy (non-hydrogen) atoms. The third-order valence-electron chi connectivity index (χ3n) is 3.41. The first-order valence-corrected chi connectivity index (χ1v) is 6.04. The topological polar surface area (TPSA) is 80.6 Å². The number of likely N-dealkylation sites (N-methyl/N-ethyl adjacent to an activating group) is 1. The number of hydrogen-bond donors (Lipinski definition) is 2. The SMILES string of the molecule is COc1nc(N2CCC(N(C)C)C2)c(N)cc1N. The second kappa shape index (κ2) is 4.89. The van der Waals surface area contributed by atoms with Gasteiger partial charge in [0.05, 0.1) is 18.5 Å². The number of anilines is 3. The molecule has 1 aromatic heterocycles. The zero-order valence-corrected chi connectivity index (χ0v) is 11.2. The summed E-state index contributed by atoms with van der Waals surface area (Å²) in [6, 6.07) is 2.25. The molecule has 1 aliphatic heterocycles. The molecule has 0 saturated carbocycles. The van der Waals surface area contributed by atoms with Gasteiger partial charge in [-0.25, -0.2) is 0 Å². The van der Waals surface area contributed by atoms with Crippen molar-refractivity contribution in [3.05, 3.63) is 6.07 Å². The molecule has 0 aliphatic carbocycles. The molecule has 1 saturated heterocycles. The van der Waals surface area contributed by atoms with E-state index in [1.165, 1.54) is 0 Å². The molecule has 1 fully saturated rings. The van der Waals surface area contributed by atoms with E-state index < -0.39 is 0 Å². The number of hydrogen-bond acceptors (Lipinski definition) is 6. The van der Waals surface area contributed by atoms with Crippen molar-refractivity contribution in [3.8, 4) is 5.88 Å². The fourth-order valence-electron chi connectivity index (χ4n) is 2.29. The molecule has 6 nitrogen and oxygen atoms in total. The predicted molar refractivity (Wildman–Crippen MR) is 73.9 cm³/mol. The van der Waals surface area contributed by atoms with E-state index in [9.17, 15) is 0 Å². The maximum Gasteiger partial charge on any atom is 0.239 e. The molecule has 2 rings (SSSR count). The van der Waals surface area contributed by atoms with Crippen molar-refractivity contribution in [2.75, 3.05) is 50.7 Å². The van der Waals surface area contributed by atoms with Crippen LogP contribution in [0.2, 0.25) is 0 Å². The van der Waals surface area contributed by atoms with E-state index in [1.807, 2.05) is 0 Å². The first-order valence-electron chi connectivity index (χ1n) is 6.04. The lowest BCUT2D eigenvalue weighted by molar-refractivity contribution is 0.315. The number of nitrogen functional groups attached to an aromatic ring is 2. The summed E-state index contributed by atoms with van der Waals surface area (Å²) in [6.45, 7) is 1.88. The van der Waals surface area contributed by atoms with Gasteiger partial charge >= 0.3 is 0 Å². The van der Waals surface area contributed by atoms with Gasteiger partial charge in [-0.3, -0.25) is 0 Å². The van der Waals surface area contributed by atoms with E-state index in [-0.39, 0.29) is 0 Å². The van der Waals surface area contributed by atoms with Gasteiger partial charge in [0.15, 0.2) is 5.82 Å². The fourth-order valence-corrected chi connectivity index (χ4v) is 2.29. The van der Waals surface area contributed by atoms with Crippen molar-refractivity contribution in [1.29, 1.82) is 0 Å². The van der Waals surface area contributed by atoms with E-state index in [1.54, 1.807) is 13.2 Å². The van der Waals surface area contributed by atoms with Gasteiger partial charge in [-0.2, -0.15) is 4.98 Å². The largest absolute Gasteiger partial charge is 0.479 e. The summed E-state index contributed by atoms with van der Waals surface area (Å²) in [5, 5.41) is 0. The van der Waals surface area contributed by atoms with Gasteiger partial charge in [0, 0.05) is 19.1 Å². The van der Waals surface area contributed by atoms with Crippen LogP contribution in [0.15, 0.2) is 6.07 Å². The molecule has 4 N–H and O–H groups in total. The number of pyridine rings is 1. The van der Waals surface area contributed by atoms with Crippen molar-refractivity contribution >= 4 is 17.2 Å². The summed E-state index contributed by atoms with van der Waals surface area (Å²) in [4.78, 5) is 8.81. The fraction of sp³-hybridized carbons (Fsp3) is 0.583. The van der Waals surface area contributed by atoms with Gasteiger partial charge in [0.2, 0.25) is 5.88 Å². The van der Waals surface area contributed by atoms with Crippen LogP contribution in [0.4, 0.5) is 17.2 Å². The number of nitrogens with two attached hydrogens (primary N) is 2. The van der Waals surface area contributed by atoms with Crippen molar-refractivity contribution < 1.29 is 4.74 Å². The molecule has 100 valence electrons. The van der Waals surface area contributed by atoms with Gasteiger partial charge in [0.25, 0.3) is 0 Å². The smallest absolute Gasteiger partial charge is 0.239 e. The highest BCUT2D eigenvalue weighted by molar-refractivity contribution is 5.71. The van der Waals surface area contributed by atoms with E-state index in [0.717, 1.165) is 25.3 Å². The van der Waals surface area contributed by atoms with Crippen molar-refractivity contribution in [2.45, 2.75) is 12.5 Å². The number of methoxy groups -OCH3 is 1. The molecular formula is C12H21N5O. The first kappa shape index (κ1) is 12.8. The molecule has 1 aliphatic rings. The van der Waals surface area contributed by atoms with Gasteiger partial charge in [0.1, 0.15) is 0 Å². The van der Waals surface area contributed by atoms with Crippen LogP contribution in [0.3, 0.4) is 0 Å². The Kier molecular flexibility index (Phi) is 3.47. The van der Waals surface area contributed by atoms with Crippen molar-refractivity contribution in [3.63, 3.8) is 0 Å². The monoisotopic (exact) mass is 251 g/mol. The lowest BCUT2D eigenvalue weighted by atomic mass is 10.2. The van der Waals surface area contributed by atoms with Gasteiger partial charge < -0.3 is 26.0 Å². The minimum Gasteiger partial charge on any atom is -0.479 e. The summed E-state index contributed by atoms with van der Waals surface area (Å²) in [7, 11) is 5.74. The number of rotatable bonds is 3. The molecule has 0 amide bonds. The van der Waals surface area contributed by atoms with Crippen LogP contribution < -0.4 is 21.1 Å². The second-order valence-corrected chi connectivity index (χ2v) is 4.85. The summed E-state index contributed by atoms with van der Waals surface area (Å²) in [5.74, 6) is 1.21. The Morgan fingerprint density at radius 1 is 1.39 bits per heavy atom. The Labute approximate surface area is 108 Å². The van der Waals surface area contributed by atoms with Crippen LogP contribution in [-0.4, -0.2) is 50.2 Å². The Morgan fingerprint density at radius 2 is 2.11 bits per heavy atom. The van der Waals surface area contributed by atoms with Crippen molar-refractivity contribution in [2.24, 2.45) is 0 Å². The highest BCUT2D eigenvalue weighted by Gasteiger charge is 2.26. The molecule has 1 unspecified atom stereocenters. The normalized spacial score (nSPS) is 19.6. The van der Waals surface area contributed by atoms with Gasteiger partial charge in [-0.05, 0) is 26.6 Å². The van der Waals surface area contributed by atoms with E-state index in [0.29, 0.717) is 23.3 Å². The average molecular weight is 251 g/mol. The third-order valence-corrected chi connectivity index (χ3v) is 3.41. The van der Waals surface area contributed by atoms with Crippen LogP contribution >= 0.6 is 0 Å². The van der Waals surface area contributed by atoms with Gasteiger partial charge in [-0.1, -0.05) is 0 Å². The molecule has 0 spiro atoms. The van der Waals surface area contributed by atoms with E-state index in [2.05, 4.69) is 28.9 Å². The molecule has 0 radical (unpaired) electrons. The van der Waals surface area contributed by atoms with E-state index >= 15 is 0 Å². The summed E-state index contributed by atoms with van der Waals surface area (Å²) in [6.07, 6.45) is 1.11. The Bertz CT molecular complexity index is 435. The molecule has 0 bridgehead atoms. The quantitative estimate of drug-likeness (QED) is 0.809. The molecular weight excluding hydrogens is 230 g/mol. The Morgan fingerprint density at radius 3 is 2.67 bits per heavy atom. The Balaban J connectivity index is 2.24. The second-order valence-electron chi connectivity index (χ2n) is 4.85. The maximum absolute atomic E-state index is 5.99. The Hall–Kier alpha value is -1.69. The summed E-state index contributed by atoms with van der Waals surface area (Å²) < 4.78 is 5.15. The number of nitrogens with zero attached hydrogens (tertiary/aromatic N) is 3. The third kappa shape index (κ3) is 2.28. The zero-order chi connectivity index (χ0) is 13.3. The lowest BCUT2D eigenvalue weighted by Gasteiger charge is -2.22. The summed E-state index contributed by atoms with van der Waals surface area (Å²) >= 11 is 0. The lowest BCUT2D eigenvalue weighted by Crippen LogP contribution is -2.32. The molecule has 0 aromatic carbocycles. The van der Waals surface area contributed by atoms with E-state index in [4.69, 9.17) is 16.2 Å².